The van der Waals surface area contributed by atoms with Crippen LogP contribution in [0.2, 0.25) is 0 Å². The summed E-state index contributed by atoms with van der Waals surface area (Å²) in [4.78, 5) is 0. The minimum Gasteiger partial charge on any atom is -0.262 e. The van der Waals surface area contributed by atoms with Gasteiger partial charge in [-0.05, 0) is 12.0 Å². The molecule has 0 bridgehead atoms. The van der Waals surface area contributed by atoms with Gasteiger partial charge in [-0.2, -0.15) is 18.3 Å². The van der Waals surface area contributed by atoms with Gasteiger partial charge in [0.15, 0.2) is 0 Å². The van der Waals surface area contributed by atoms with Gasteiger partial charge in [0, 0.05) is 6.20 Å². The first-order chi connectivity index (χ1) is 5.51. The number of halogens is 3. The van der Waals surface area contributed by atoms with Gasteiger partial charge in [0.1, 0.15) is 12.2 Å². The number of terminal acetylenes is 1. The third-order valence-corrected chi connectivity index (χ3v) is 1.13. The Bertz CT molecular complexity index is 305. The fourth-order valence-corrected chi connectivity index (χ4v) is 0.710. The molecule has 0 amide bonds. The number of aromatic nitrogens is 2. The summed E-state index contributed by atoms with van der Waals surface area (Å²) in [5.41, 5.74) is 0.208. The zero-order chi connectivity index (χ0) is 9.19. The Balaban J connectivity index is 2.72. The Hall–Kier alpha value is -1.44. The summed E-state index contributed by atoms with van der Waals surface area (Å²) in [6.07, 6.45) is 1.86. The van der Waals surface area contributed by atoms with E-state index in [0.29, 0.717) is 0 Å². The van der Waals surface area contributed by atoms with E-state index in [2.05, 4.69) is 11.0 Å². The molecular formula is C7H5F3N2. The lowest BCUT2D eigenvalue weighted by atomic mass is 10.5. The fraction of sp³-hybridized carbons (Fsp3) is 0.286. The third-order valence-electron chi connectivity index (χ3n) is 1.13. The Morgan fingerprint density at radius 3 is 2.67 bits per heavy atom. The lowest BCUT2D eigenvalue weighted by Gasteiger charge is -2.04. The molecule has 0 saturated carbocycles. The van der Waals surface area contributed by atoms with Crippen molar-refractivity contribution in [2.24, 2.45) is 0 Å². The fourth-order valence-electron chi connectivity index (χ4n) is 0.710. The predicted molar refractivity (Wildman–Crippen MR) is 36.2 cm³/mol. The van der Waals surface area contributed by atoms with E-state index in [0.717, 1.165) is 4.68 Å². The van der Waals surface area contributed by atoms with Crippen molar-refractivity contribution in [2.45, 2.75) is 12.7 Å². The van der Waals surface area contributed by atoms with Gasteiger partial charge in [0.2, 0.25) is 0 Å². The lowest BCUT2D eigenvalue weighted by Crippen LogP contribution is -2.17. The first-order valence-electron chi connectivity index (χ1n) is 3.08. The van der Waals surface area contributed by atoms with Crippen molar-refractivity contribution in [3.63, 3.8) is 0 Å². The van der Waals surface area contributed by atoms with E-state index in [1.807, 2.05) is 0 Å². The van der Waals surface area contributed by atoms with Crippen LogP contribution in [0.5, 0.6) is 0 Å². The minimum atomic E-state index is -4.25. The highest BCUT2D eigenvalue weighted by atomic mass is 19.4. The highest BCUT2D eigenvalue weighted by Crippen LogP contribution is 2.16. The maximum Gasteiger partial charge on any atom is 0.408 e. The Morgan fingerprint density at radius 1 is 1.58 bits per heavy atom. The van der Waals surface area contributed by atoms with Crippen molar-refractivity contribution < 1.29 is 13.2 Å². The summed E-state index contributed by atoms with van der Waals surface area (Å²) < 4.78 is 36.0. The Kier molecular flexibility index (Phi) is 2.09. The van der Waals surface area contributed by atoms with Crippen LogP contribution < -0.4 is 0 Å². The summed E-state index contributed by atoms with van der Waals surface area (Å²) >= 11 is 0. The van der Waals surface area contributed by atoms with E-state index in [9.17, 15) is 13.2 Å². The quantitative estimate of drug-likeness (QED) is 0.589. The van der Waals surface area contributed by atoms with Gasteiger partial charge in [-0.1, -0.05) is 0 Å². The highest BCUT2D eigenvalue weighted by Gasteiger charge is 2.28. The minimum absolute atomic E-state index is 0.208. The second-order valence-corrected chi connectivity index (χ2v) is 2.16. The zero-order valence-electron chi connectivity index (χ0n) is 5.97. The summed E-state index contributed by atoms with van der Waals surface area (Å²) in [6.45, 7) is -1.10. The van der Waals surface area contributed by atoms with Gasteiger partial charge in [-0.15, -0.1) is 6.42 Å². The third kappa shape index (κ3) is 2.31. The Morgan fingerprint density at radius 2 is 2.25 bits per heavy atom. The average molecular weight is 174 g/mol. The average Bonchev–Trinajstić information content (AvgIpc) is 2.32. The number of hydrogen-bond acceptors (Lipinski definition) is 1. The number of alkyl halides is 3. The predicted octanol–water partition coefficient (Wildman–Crippen LogP) is 1.43. The number of rotatable bonds is 1. The van der Waals surface area contributed by atoms with Crippen LogP contribution in [0.25, 0.3) is 0 Å². The molecule has 2 nitrogen and oxygen atoms in total. The standard InChI is InChI=1S/C7H5F3N2/c1-2-6-3-4-12(11-6)5-7(8,9)10/h1,3-4H,5H2. The molecule has 5 heteroatoms. The summed E-state index contributed by atoms with van der Waals surface area (Å²) in [5.74, 6) is 2.13. The van der Waals surface area contributed by atoms with Crippen LogP contribution in [0.15, 0.2) is 12.3 Å². The van der Waals surface area contributed by atoms with Crippen molar-refractivity contribution in [1.29, 1.82) is 0 Å². The first-order valence-corrected chi connectivity index (χ1v) is 3.08. The van der Waals surface area contributed by atoms with Gasteiger partial charge >= 0.3 is 6.18 Å². The van der Waals surface area contributed by atoms with Crippen molar-refractivity contribution in [2.75, 3.05) is 0 Å². The molecule has 0 aliphatic heterocycles. The van der Waals surface area contributed by atoms with Crippen LogP contribution >= 0.6 is 0 Å². The molecule has 0 unspecified atom stereocenters. The number of hydrogen-bond donors (Lipinski definition) is 0. The van der Waals surface area contributed by atoms with Gasteiger partial charge in [-0.3, -0.25) is 4.68 Å². The van der Waals surface area contributed by atoms with Crippen LogP contribution in [-0.4, -0.2) is 16.0 Å². The molecule has 0 atom stereocenters. The molecule has 0 N–H and O–H groups in total. The topological polar surface area (TPSA) is 17.8 Å². The molecule has 1 aromatic rings. The molecule has 0 aliphatic rings. The van der Waals surface area contributed by atoms with E-state index in [4.69, 9.17) is 6.42 Å². The monoisotopic (exact) mass is 174 g/mol. The molecule has 0 aliphatic carbocycles. The molecular weight excluding hydrogens is 169 g/mol. The summed E-state index contributed by atoms with van der Waals surface area (Å²) in [5, 5.41) is 3.47. The van der Waals surface area contributed by atoms with Crippen molar-refractivity contribution in [3.8, 4) is 12.3 Å². The van der Waals surface area contributed by atoms with Crippen LogP contribution in [0.3, 0.4) is 0 Å². The van der Waals surface area contributed by atoms with Gasteiger partial charge in [-0.25, -0.2) is 0 Å². The smallest absolute Gasteiger partial charge is 0.262 e. The SMILES string of the molecule is C#Cc1ccn(CC(F)(F)F)n1. The molecule has 12 heavy (non-hydrogen) atoms. The van der Waals surface area contributed by atoms with Crippen LogP contribution in [0.4, 0.5) is 13.2 Å². The van der Waals surface area contributed by atoms with E-state index in [1.54, 1.807) is 0 Å². The largest absolute Gasteiger partial charge is 0.408 e. The van der Waals surface area contributed by atoms with E-state index in [1.165, 1.54) is 12.3 Å². The lowest BCUT2D eigenvalue weighted by molar-refractivity contribution is -0.142. The van der Waals surface area contributed by atoms with E-state index >= 15 is 0 Å². The Labute approximate surface area is 67.0 Å². The van der Waals surface area contributed by atoms with Crippen LogP contribution in [-0.2, 0) is 6.54 Å². The maximum absolute atomic E-state index is 11.7. The van der Waals surface area contributed by atoms with E-state index in [-0.39, 0.29) is 5.69 Å². The summed E-state index contributed by atoms with van der Waals surface area (Å²) in [6, 6.07) is 1.35. The molecule has 64 valence electrons. The zero-order valence-corrected chi connectivity index (χ0v) is 5.97. The molecule has 0 aromatic carbocycles. The van der Waals surface area contributed by atoms with Crippen molar-refractivity contribution >= 4 is 0 Å². The number of nitrogens with zero attached hydrogens (tertiary/aromatic N) is 2. The molecule has 1 rings (SSSR count). The summed E-state index contributed by atoms with van der Waals surface area (Å²) in [7, 11) is 0. The van der Waals surface area contributed by atoms with Crippen molar-refractivity contribution in [3.05, 3.63) is 18.0 Å². The molecule has 0 saturated heterocycles. The van der Waals surface area contributed by atoms with Gasteiger partial charge < -0.3 is 0 Å². The molecule has 0 spiro atoms. The molecule has 1 aromatic heterocycles. The second kappa shape index (κ2) is 2.89. The molecule has 1 heterocycles. The van der Waals surface area contributed by atoms with Gasteiger partial charge in [0.25, 0.3) is 0 Å². The normalized spacial score (nSPS) is 11.2. The molecule has 0 radical (unpaired) electrons. The highest BCUT2D eigenvalue weighted by molar-refractivity contribution is 5.21. The van der Waals surface area contributed by atoms with Gasteiger partial charge in [0.05, 0.1) is 0 Å². The second-order valence-electron chi connectivity index (χ2n) is 2.16. The first kappa shape index (κ1) is 8.65. The van der Waals surface area contributed by atoms with Crippen LogP contribution in [0.1, 0.15) is 5.69 Å². The maximum atomic E-state index is 11.7. The van der Waals surface area contributed by atoms with E-state index < -0.39 is 12.7 Å². The molecule has 0 fully saturated rings. The van der Waals surface area contributed by atoms with Crippen molar-refractivity contribution in [1.82, 2.24) is 9.78 Å². The van der Waals surface area contributed by atoms with Crippen LogP contribution in [0, 0.1) is 12.3 Å².